The molecule has 0 aromatic heterocycles. The van der Waals surface area contributed by atoms with Gasteiger partial charge in [-0.1, -0.05) is 13.8 Å². The average Bonchev–Trinajstić information content (AvgIpc) is 2.58. The second-order valence-corrected chi connectivity index (χ2v) is 6.24. The molecule has 0 fully saturated rings. The van der Waals surface area contributed by atoms with Crippen LogP contribution in [0.2, 0.25) is 0 Å². The number of aliphatic carboxylic acids is 1. The van der Waals surface area contributed by atoms with Crippen molar-refractivity contribution in [1.82, 2.24) is 0 Å². The molecule has 0 radical (unpaired) electrons. The summed E-state index contributed by atoms with van der Waals surface area (Å²) in [6.45, 7) is 2.06. The molecule has 0 amide bonds. The summed E-state index contributed by atoms with van der Waals surface area (Å²) in [7, 11) is 0. The molecule has 27 heavy (non-hydrogen) atoms. The van der Waals surface area contributed by atoms with Crippen molar-refractivity contribution in [3.05, 3.63) is 29.3 Å². The van der Waals surface area contributed by atoms with E-state index in [0.29, 0.717) is 0 Å². The van der Waals surface area contributed by atoms with Gasteiger partial charge >= 0.3 is 5.97 Å². The molecule has 4 atom stereocenters. The lowest BCUT2D eigenvalue weighted by Crippen LogP contribution is -2.54. The Morgan fingerprint density at radius 3 is 1.96 bits per heavy atom. The van der Waals surface area contributed by atoms with E-state index in [1.807, 2.05) is 0 Å². The average molecular weight is 396 g/mol. The molecule has 2 unspecified atom stereocenters. The first-order valence-electron chi connectivity index (χ1n) is 7.81. The molecule has 0 saturated carbocycles. The number of carboxylic acids is 1. The number of benzene rings is 1. The van der Waals surface area contributed by atoms with Crippen LogP contribution in [-0.2, 0) is 9.59 Å². The number of hydrogen-bond donors (Lipinski definition) is 4. The molecule has 6 N–H and O–H groups in total. The SMILES string of the molecule is CC(C)[C@H](N)C(=O)[C@H](C(O)COc1c(F)c(F)cc(F)c1F)C(N)C(=O)O. The molecule has 0 saturated heterocycles. The molecular formula is C16H20F4N2O5. The number of carboxylic acid groups (broad SMARTS) is 1. The third-order valence-corrected chi connectivity index (χ3v) is 3.93. The minimum Gasteiger partial charge on any atom is -0.485 e. The third kappa shape index (κ3) is 5.15. The topological polar surface area (TPSA) is 136 Å². The van der Waals surface area contributed by atoms with Crippen LogP contribution >= 0.6 is 0 Å². The lowest BCUT2D eigenvalue weighted by atomic mass is 9.83. The maximum atomic E-state index is 13.6. The first kappa shape index (κ1) is 22.8. The summed E-state index contributed by atoms with van der Waals surface area (Å²) in [6.07, 6.45) is -1.97. The number of carbonyl (C=O) groups is 2. The Balaban J connectivity index is 3.10. The van der Waals surface area contributed by atoms with Crippen molar-refractivity contribution in [2.75, 3.05) is 6.61 Å². The fourth-order valence-electron chi connectivity index (χ4n) is 2.26. The quantitative estimate of drug-likeness (QED) is 0.354. The van der Waals surface area contributed by atoms with Crippen LogP contribution in [0.5, 0.6) is 5.75 Å². The molecule has 7 nitrogen and oxygen atoms in total. The minimum absolute atomic E-state index is 0.0394. The molecule has 11 heteroatoms. The van der Waals surface area contributed by atoms with E-state index < -0.39 is 77.4 Å². The largest absolute Gasteiger partial charge is 0.485 e. The summed E-state index contributed by atoms with van der Waals surface area (Å²) < 4.78 is 58.1. The number of aliphatic hydroxyl groups excluding tert-OH is 1. The zero-order valence-electron chi connectivity index (χ0n) is 14.5. The van der Waals surface area contributed by atoms with Gasteiger partial charge in [-0.3, -0.25) is 9.59 Å². The summed E-state index contributed by atoms with van der Waals surface area (Å²) in [5.74, 6) is -13.4. The van der Waals surface area contributed by atoms with Crippen LogP contribution in [0.25, 0.3) is 0 Å². The Hall–Kier alpha value is -2.24. The maximum Gasteiger partial charge on any atom is 0.321 e. The maximum absolute atomic E-state index is 13.6. The van der Waals surface area contributed by atoms with Crippen molar-refractivity contribution in [2.45, 2.75) is 32.0 Å². The Morgan fingerprint density at radius 1 is 1.07 bits per heavy atom. The van der Waals surface area contributed by atoms with Gasteiger partial charge in [-0.15, -0.1) is 0 Å². The van der Waals surface area contributed by atoms with Crippen molar-refractivity contribution in [1.29, 1.82) is 0 Å². The molecule has 0 bridgehead atoms. The molecule has 1 aromatic rings. The molecule has 0 aliphatic heterocycles. The van der Waals surface area contributed by atoms with Gasteiger partial charge in [0.1, 0.15) is 12.6 Å². The highest BCUT2D eigenvalue weighted by atomic mass is 19.2. The number of rotatable bonds is 9. The van der Waals surface area contributed by atoms with Crippen molar-refractivity contribution < 1.29 is 42.1 Å². The van der Waals surface area contributed by atoms with Crippen LogP contribution < -0.4 is 16.2 Å². The summed E-state index contributed by atoms with van der Waals surface area (Å²) in [5.41, 5.74) is 11.1. The molecule has 0 aliphatic rings. The van der Waals surface area contributed by atoms with Gasteiger partial charge in [-0.25, -0.2) is 8.78 Å². The normalized spacial score (nSPS) is 15.9. The number of carbonyl (C=O) groups excluding carboxylic acids is 1. The van der Waals surface area contributed by atoms with Crippen molar-refractivity contribution in [3.63, 3.8) is 0 Å². The van der Waals surface area contributed by atoms with E-state index in [0.717, 1.165) is 0 Å². The van der Waals surface area contributed by atoms with Crippen LogP contribution in [0.1, 0.15) is 13.8 Å². The summed E-state index contributed by atoms with van der Waals surface area (Å²) in [6, 6.07) is -3.13. The number of Topliss-reactive ketones (excluding diaryl/α,β-unsaturated/α-hetero) is 1. The number of aliphatic hydroxyl groups is 1. The lowest BCUT2D eigenvalue weighted by molar-refractivity contribution is -0.146. The van der Waals surface area contributed by atoms with Gasteiger partial charge in [0, 0.05) is 6.07 Å². The Labute approximate surface area is 151 Å². The monoisotopic (exact) mass is 396 g/mol. The van der Waals surface area contributed by atoms with E-state index in [1.54, 1.807) is 13.8 Å². The van der Waals surface area contributed by atoms with E-state index in [4.69, 9.17) is 16.6 Å². The van der Waals surface area contributed by atoms with E-state index in [1.165, 1.54) is 0 Å². The van der Waals surface area contributed by atoms with Crippen LogP contribution in [0, 0.1) is 35.1 Å². The van der Waals surface area contributed by atoms with Crippen molar-refractivity contribution in [2.24, 2.45) is 23.3 Å². The first-order valence-corrected chi connectivity index (χ1v) is 7.81. The minimum atomic E-state index is -1.97. The van der Waals surface area contributed by atoms with Crippen LogP contribution in [0.15, 0.2) is 6.07 Å². The van der Waals surface area contributed by atoms with E-state index in [9.17, 15) is 32.3 Å². The molecule has 0 spiro atoms. The van der Waals surface area contributed by atoms with E-state index >= 15 is 0 Å². The highest BCUT2D eigenvalue weighted by Crippen LogP contribution is 2.27. The third-order valence-electron chi connectivity index (χ3n) is 3.93. The van der Waals surface area contributed by atoms with Gasteiger partial charge in [0.25, 0.3) is 0 Å². The smallest absolute Gasteiger partial charge is 0.321 e. The fourth-order valence-corrected chi connectivity index (χ4v) is 2.26. The van der Waals surface area contributed by atoms with Crippen LogP contribution in [-0.4, -0.2) is 46.8 Å². The summed E-state index contributed by atoms with van der Waals surface area (Å²) >= 11 is 0. The second kappa shape index (κ2) is 9.11. The summed E-state index contributed by atoms with van der Waals surface area (Å²) in [4.78, 5) is 23.5. The lowest BCUT2D eigenvalue weighted by Gasteiger charge is -2.28. The highest BCUT2D eigenvalue weighted by molar-refractivity contribution is 5.92. The number of halogens is 4. The van der Waals surface area contributed by atoms with Gasteiger partial charge in [0.15, 0.2) is 23.2 Å². The summed E-state index contributed by atoms with van der Waals surface area (Å²) in [5, 5.41) is 19.2. The van der Waals surface area contributed by atoms with Gasteiger partial charge < -0.3 is 26.4 Å². The first-order chi connectivity index (χ1) is 12.4. The number of nitrogens with two attached hydrogens (primary N) is 2. The Kier molecular flexibility index (Phi) is 7.69. The van der Waals surface area contributed by atoms with Crippen molar-refractivity contribution >= 4 is 11.8 Å². The highest BCUT2D eigenvalue weighted by Gasteiger charge is 2.40. The number of ether oxygens (including phenoxy) is 1. The molecule has 1 rings (SSSR count). The van der Waals surface area contributed by atoms with Gasteiger partial charge in [-0.2, -0.15) is 8.78 Å². The molecule has 152 valence electrons. The standard InChI is InChI=1S/C16H20F4N2O5/c1-5(2)12(21)14(24)9(13(22)16(25)26)8(23)4-27-15-10(19)6(17)3-7(18)11(15)20/h3,5,8-9,12-13,23H,4,21-22H2,1-2H3,(H,25,26)/t8?,9-,12+,13?/m1/s1. The Morgan fingerprint density at radius 2 is 1.56 bits per heavy atom. The van der Waals surface area contributed by atoms with Crippen LogP contribution in [0.3, 0.4) is 0 Å². The van der Waals surface area contributed by atoms with E-state index in [-0.39, 0.29) is 6.07 Å². The number of ketones is 1. The number of hydrogen-bond acceptors (Lipinski definition) is 6. The van der Waals surface area contributed by atoms with Crippen LogP contribution in [0.4, 0.5) is 17.6 Å². The molecule has 0 heterocycles. The molecular weight excluding hydrogens is 376 g/mol. The predicted molar refractivity (Wildman–Crippen MR) is 84.7 cm³/mol. The molecule has 0 aliphatic carbocycles. The Bertz CT molecular complexity index is 690. The van der Waals surface area contributed by atoms with Crippen molar-refractivity contribution in [3.8, 4) is 5.75 Å². The van der Waals surface area contributed by atoms with Gasteiger partial charge in [0.05, 0.1) is 18.1 Å². The van der Waals surface area contributed by atoms with Gasteiger partial charge in [0.2, 0.25) is 11.6 Å². The second-order valence-electron chi connectivity index (χ2n) is 6.24. The van der Waals surface area contributed by atoms with Gasteiger partial charge in [-0.05, 0) is 5.92 Å². The zero-order chi connectivity index (χ0) is 21.0. The zero-order valence-corrected chi connectivity index (χ0v) is 14.5. The molecule has 1 aromatic carbocycles. The van der Waals surface area contributed by atoms with E-state index in [2.05, 4.69) is 4.74 Å². The predicted octanol–water partition coefficient (Wildman–Crippen LogP) is 0.563. The fraction of sp³-hybridized carbons (Fsp3) is 0.500.